The second-order valence-corrected chi connectivity index (χ2v) is 7.92. The molecule has 5 heteroatoms. The van der Waals surface area contributed by atoms with Crippen LogP contribution >= 0.6 is 0 Å². The highest BCUT2D eigenvalue weighted by atomic mass is 16.2. The Labute approximate surface area is 139 Å². The van der Waals surface area contributed by atoms with Crippen molar-refractivity contribution in [2.45, 2.75) is 76.8 Å². The Morgan fingerprint density at radius 3 is 2.04 bits per heavy atom. The summed E-state index contributed by atoms with van der Waals surface area (Å²) >= 11 is 0. The normalized spacial score (nSPS) is 29.3. The zero-order valence-corrected chi connectivity index (χ0v) is 14.4. The molecule has 3 aliphatic rings. The van der Waals surface area contributed by atoms with Gasteiger partial charge >= 0.3 is 6.03 Å². The van der Waals surface area contributed by atoms with E-state index < -0.39 is 0 Å². The van der Waals surface area contributed by atoms with E-state index in [0.29, 0.717) is 17.9 Å². The van der Waals surface area contributed by atoms with E-state index in [1.54, 1.807) is 0 Å². The molecule has 0 aromatic heterocycles. The van der Waals surface area contributed by atoms with Gasteiger partial charge in [0.1, 0.15) is 0 Å². The van der Waals surface area contributed by atoms with E-state index >= 15 is 0 Å². The second-order valence-electron chi connectivity index (χ2n) is 7.92. The maximum atomic E-state index is 12.2. The lowest BCUT2D eigenvalue weighted by molar-refractivity contribution is -0.133. The van der Waals surface area contributed by atoms with Gasteiger partial charge in [0.15, 0.2) is 0 Å². The topological polar surface area (TPSA) is 66.6 Å². The van der Waals surface area contributed by atoms with Gasteiger partial charge in [-0.15, -0.1) is 0 Å². The van der Waals surface area contributed by atoms with E-state index in [1.807, 2.05) is 9.80 Å². The van der Waals surface area contributed by atoms with Gasteiger partial charge < -0.3 is 15.5 Å². The van der Waals surface area contributed by atoms with E-state index in [0.717, 1.165) is 51.1 Å². The summed E-state index contributed by atoms with van der Waals surface area (Å²) in [7, 11) is 0. The Morgan fingerprint density at radius 1 is 0.957 bits per heavy atom. The summed E-state index contributed by atoms with van der Waals surface area (Å²) in [6.07, 6.45) is 9.45. The first kappa shape index (κ1) is 16.6. The molecule has 0 bridgehead atoms. The fourth-order valence-corrected chi connectivity index (χ4v) is 4.27. The number of piperidine rings is 1. The molecule has 0 radical (unpaired) electrons. The van der Waals surface area contributed by atoms with E-state index in [1.165, 1.54) is 25.7 Å². The van der Waals surface area contributed by atoms with E-state index in [2.05, 4.69) is 6.92 Å². The standard InChI is InChI=1S/C18H31N3O2/c1-13-2-6-15(7-3-13)21(18(19)23)16-8-10-20(11-9-16)17(22)12-14-4-5-14/h13-16H,2-12H2,1H3,(H2,19,23). The molecule has 3 amide bonds. The SMILES string of the molecule is CC1CCC(N(C(N)=O)C2CCN(C(=O)CC3CC3)CC2)CC1. The van der Waals surface area contributed by atoms with Gasteiger partial charge in [-0.1, -0.05) is 6.92 Å². The Kier molecular flexibility index (Phi) is 5.12. The molecule has 130 valence electrons. The summed E-state index contributed by atoms with van der Waals surface area (Å²) < 4.78 is 0. The lowest BCUT2D eigenvalue weighted by Gasteiger charge is -2.43. The molecule has 23 heavy (non-hydrogen) atoms. The van der Waals surface area contributed by atoms with Crippen LogP contribution < -0.4 is 5.73 Å². The van der Waals surface area contributed by atoms with Crippen LogP contribution in [0, 0.1) is 11.8 Å². The molecule has 3 rings (SSSR count). The van der Waals surface area contributed by atoms with Gasteiger partial charge in [-0.05, 0) is 63.2 Å². The van der Waals surface area contributed by atoms with Crippen molar-refractivity contribution in [1.29, 1.82) is 0 Å². The largest absolute Gasteiger partial charge is 0.351 e. The number of carbonyl (C=O) groups excluding carboxylic acids is 2. The van der Waals surface area contributed by atoms with Gasteiger partial charge in [0.25, 0.3) is 0 Å². The fraction of sp³-hybridized carbons (Fsp3) is 0.889. The van der Waals surface area contributed by atoms with Gasteiger partial charge in [0.05, 0.1) is 0 Å². The molecule has 2 saturated carbocycles. The molecule has 0 spiro atoms. The number of amides is 3. The van der Waals surface area contributed by atoms with Crippen molar-refractivity contribution in [3.8, 4) is 0 Å². The number of urea groups is 1. The summed E-state index contributed by atoms with van der Waals surface area (Å²) in [5.74, 6) is 1.72. The average Bonchev–Trinajstić information content (AvgIpc) is 3.34. The van der Waals surface area contributed by atoms with Gasteiger partial charge in [-0.2, -0.15) is 0 Å². The van der Waals surface area contributed by atoms with Crippen molar-refractivity contribution in [2.24, 2.45) is 17.6 Å². The third kappa shape index (κ3) is 4.18. The summed E-state index contributed by atoms with van der Waals surface area (Å²) in [6.45, 7) is 3.85. The monoisotopic (exact) mass is 321 g/mol. The van der Waals surface area contributed by atoms with Gasteiger partial charge in [-0.3, -0.25) is 4.79 Å². The number of likely N-dealkylation sites (tertiary alicyclic amines) is 1. The molecule has 1 heterocycles. The molecular weight excluding hydrogens is 290 g/mol. The van der Waals surface area contributed by atoms with Crippen LogP contribution in [0.4, 0.5) is 4.79 Å². The van der Waals surface area contributed by atoms with Crippen molar-refractivity contribution in [2.75, 3.05) is 13.1 Å². The van der Waals surface area contributed by atoms with Crippen molar-refractivity contribution in [1.82, 2.24) is 9.80 Å². The predicted octanol–water partition coefficient (Wildman–Crippen LogP) is 2.74. The molecule has 3 fully saturated rings. The molecule has 1 aliphatic heterocycles. The highest BCUT2D eigenvalue weighted by molar-refractivity contribution is 5.77. The number of carbonyl (C=O) groups is 2. The molecule has 0 unspecified atom stereocenters. The molecule has 2 aliphatic carbocycles. The predicted molar refractivity (Wildman–Crippen MR) is 89.8 cm³/mol. The minimum atomic E-state index is -0.271. The van der Waals surface area contributed by atoms with Gasteiger partial charge in [0, 0.05) is 31.6 Å². The smallest absolute Gasteiger partial charge is 0.315 e. The number of rotatable bonds is 4. The first-order valence-corrected chi connectivity index (χ1v) is 9.40. The number of hydrogen-bond donors (Lipinski definition) is 1. The molecule has 1 saturated heterocycles. The molecule has 0 aromatic carbocycles. The molecular formula is C18H31N3O2. The minimum absolute atomic E-state index is 0.218. The van der Waals surface area contributed by atoms with Crippen LogP contribution in [0.3, 0.4) is 0 Å². The maximum absolute atomic E-state index is 12.2. The maximum Gasteiger partial charge on any atom is 0.315 e. The molecule has 0 aromatic rings. The number of nitrogens with two attached hydrogens (primary N) is 1. The Morgan fingerprint density at radius 2 is 1.52 bits per heavy atom. The van der Waals surface area contributed by atoms with Crippen molar-refractivity contribution in [3.63, 3.8) is 0 Å². The third-order valence-electron chi connectivity index (χ3n) is 6.00. The van der Waals surface area contributed by atoms with Crippen LogP contribution in [0.5, 0.6) is 0 Å². The Bertz CT molecular complexity index is 434. The van der Waals surface area contributed by atoms with Crippen LogP contribution in [0.15, 0.2) is 0 Å². The summed E-state index contributed by atoms with van der Waals surface area (Å²) in [6, 6.07) is 0.255. The van der Waals surface area contributed by atoms with Crippen LogP contribution in [0.1, 0.15) is 64.7 Å². The fourth-order valence-electron chi connectivity index (χ4n) is 4.27. The second kappa shape index (κ2) is 7.10. The van der Waals surface area contributed by atoms with Gasteiger partial charge in [-0.25, -0.2) is 4.79 Å². The van der Waals surface area contributed by atoms with E-state index in [4.69, 9.17) is 5.73 Å². The Hall–Kier alpha value is -1.26. The first-order chi connectivity index (χ1) is 11.0. The minimum Gasteiger partial charge on any atom is -0.351 e. The third-order valence-corrected chi connectivity index (χ3v) is 6.00. The average molecular weight is 321 g/mol. The Balaban J connectivity index is 1.53. The summed E-state index contributed by atoms with van der Waals surface area (Å²) in [5, 5.41) is 0. The highest BCUT2D eigenvalue weighted by Gasteiger charge is 2.35. The lowest BCUT2D eigenvalue weighted by atomic mass is 9.85. The summed E-state index contributed by atoms with van der Waals surface area (Å²) in [4.78, 5) is 28.2. The van der Waals surface area contributed by atoms with Crippen molar-refractivity contribution < 1.29 is 9.59 Å². The lowest BCUT2D eigenvalue weighted by Crippen LogP contribution is -2.54. The van der Waals surface area contributed by atoms with Crippen molar-refractivity contribution >= 4 is 11.9 Å². The quantitative estimate of drug-likeness (QED) is 0.865. The van der Waals surface area contributed by atoms with Gasteiger partial charge in [0.2, 0.25) is 5.91 Å². The molecule has 5 nitrogen and oxygen atoms in total. The first-order valence-electron chi connectivity index (χ1n) is 9.40. The molecule has 0 atom stereocenters. The van der Waals surface area contributed by atoms with Crippen molar-refractivity contribution in [3.05, 3.63) is 0 Å². The van der Waals surface area contributed by atoms with Crippen LogP contribution in [-0.2, 0) is 4.79 Å². The summed E-state index contributed by atoms with van der Waals surface area (Å²) in [5.41, 5.74) is 5.71. The highest BCUT2D eigenvalue weighted by Crippen LogP contribution is 2.34. The van der Waals surface area contributed by atoms with E-state index in [-0.39, 0.29) is 12.1 Å². The van der Waals surface area contributed by atoms with Crippen LogP contribution in [0.25, 0.3) is 0 Å². The number of hydrogen-bond acceptors (Lipinski definition) is 2. The number of primary amides is 1. The number of nitrogens with zero attached hydrogens (tertiary/aromatic N) is 2. The zero-order chi connectivity index (χ0) is 16.4. The molecule has 2 N–H and O–H groups in total. The van der Waals surface area contributed by atoms with Crippen LogP contribution in [0.2, 0.25) is 0 Å². The van der Waals surface area contributed by atoms with Crippen LogP contribution in [-0.4, -0.2) is 46.9 Å². The zero-order valence-electron chi connectivity index (χ0n) is 14.4. The van der Waals surface area contributed by atoms with E-state index in [9.17, 15) is 9.59 Å².